The van der Waals surface area contributed by atoms with Gasteiger partial charge in [0.05, 0.1) is 16.5 Å². The van der Waals surface area contributed by atoms with Crippen molar-refractivity contribution in [2.75, 3.05) is 9.80 Å². The summed E-state index contributed by atoms with van der Waals surface area (Å²) in [6.07, 6.45) is 9.86. The van der Waals surface area contributed by atoms with Gasteiger partial charge in [0, 0.05) is 39.0 Å². The lowest BCUT2D eigenvalue weighted by atomic mass is 9.61. The summed E-state index contributed by atoms with van der Waals surface area (Å²) in [5.74, 6) is 0. The molecule has 4 unspecified atom stereocenters. The zero-order chi connectivity index (χ0) is 39.8. The molecule has 3 aliphatic carbocycles. The Morgan fingerprint density at radius 2 is 0.881 bits per heavy atom. The highest BCUT2D eigenvalue weighted by molar-refractivity contribution is 6.11. The maximum absolute atomic E-state index is 2.81. The van der Waals surface area contributed by atoms with Gasteiger partial charge >= 0.3 is 0 Å². The highest BCUT2D eigenvalue weighted by Crippen LogP contribution is 2.66. The predicted molar refractivity (Wildman–Crippen MR) is 247 cm³/mol. The molecule has 0 N–H and O–H groups in total. The lowest BCUT2D eigenvalue weighted by Gasteiger charge is -2.50. The van der Waals surface area contributed by atoms with E-state index in [9.17, 15) is 0 Å². The van der Waals surface area contributed by atoms with Crippen molar-refractivity contribution in [3.05, 3.63) is 191 Å². The van der Waals surface area contributed by atoms with Gasteiger partial charge in [-0.25, -0.2) is 0 Å². The zero-order valence-corrected chi connectivity index (χ0v) is 35.1. The van der Waals surface area contributed by atoms with Gasteiger partial charge in [-0.1, -0.05) is 167 Å². The summed E-state index contributed by atoms with van der Waals surface area (Å²) in [6, 6.07) is 61.2. The number of benzene rings is 7. The van der Waals surface area contributed by atoms with Crippen molar-refractivity contribution in [2.24, 2.45) is 0 Å². The summed E-state index contributed by atoms with van der Waals surface area (Å²) in [7, 11) is 0. The summed E-state index contributed by atoms with van der Waals surface area (Å²) < 4.78 is 0. The molecule has 7 aromatic carbocycles. The van der Waals surface area contributed by atoms with Gasteiger partial charge < -0.3 is 9.80 Å². The molecule has 0 saturated heterocycles. The zero-order valence-electron chi connectivity index (χ0n) is 35.1. The fourth-order valence-corrected chi connectivity index (χ4v) is 13.8. The monoisotopic (exact) mass is 766 g/mol. The van der Waals surface area contributed by atoms with Crippen molar-refractivity contribution in [3.63, 3.8) is 0 Å². The van der Waals surface area contributed by atoms with Crippen molar-refractivity contribution in [2.45, 2.75) is 106 Å². The molecule has 12 rings (SSSR count). The number of hydrogen-bond acceptors (Lipinski definition) is 2. The first-order valence-corrected chi connectivity index (χ1v) is 22.4. The van der Waals surface area contributed by atoms with Gasteiger partial charge in [0.1, 0.15) is 0 Å². The predicted octanol–water partition coefficient (Wildman–Crippen LogP) is 14.7. The first-order valence-electron chi connectivity index (χ1n) is 22.4. The van der Waals surface area contributed by atoms with Crippen molar-refractivity contribution < 1.29 is 0 Å². The van der Waals surface area contributed by atoms with E-state index >= 15 is 0 Å². The second-order valence-corrected chi connectivity index (χ2v) is 19.4. The molecule has 2 nitrogen and oxygen atoms in total. The average Bonchev–Trinajstić information content (AvgIpc) is 3.77. The summed E-state index contributed by atoms with van der Waals surface area (Å²) in [5.41, 5.74) is 16.0. The summed E-state index contributed by atoms with van der Waals surface area (Å²) in [6.45, 7) is 10.2. The van der Waals surface area contributed by atoms with Crippen molar-refractivity contribution >= 4 is 33.5 Å². The molecule has 0 bridgehead atoms. The molecule has 0 aromatic heterocycles. The van der Waals surface area contributed by atoms with E-state index in [2.05, 4.69) is 195 Å². The minimum Gasteiger partial charge on any atom is -0.334 e. The molecular formula is C57H54N2. The fraction of sp³-hybridized carbons (Fsp3) is 0.298. The Balaban J connectivity index is 1.19. The van der Waals surface area contributed by atoms with Gasteiger partial charge in [-0.2, -0.15) is 0 Å². The number of anilines is 4. The van der Waals surface area contributed by atoms with E-state index in [-0.39, 0.29) is 21.9 Å². The van der Waals surface area contributed by atoms with Gasteiger partial charge in [-0.3, -0.25) is 0 Å². The van der Waals surface area contributed by atoms with Crippen LogP contribution in [0.3, 0.4) is 0 Å². The summed E-state index contributed by atoms with van der Waals surface area (Å²) in [5, 5.41) is 2.68. The van der Waals surface area contributed by atoms with Crippen LogP contribution in [0.2, 0.25) is 0 Å². The topological polar surface area (TPSA) is 6.48 Å². The van der Waals surface area contributed by atoms with E-state index in [0.29, 0.717) is 0 Å². The molecule has 59 heavy (non-hydrogen) atoms. The second-order valence-electron chi connectivity index (χ2n) is 19.4. The van der Waals surface area contributed by atoms with Crippen LogP contribution in [0.1, 0.15) is 112 Å². The molecule has 5 aliphatic rings. The largest absolute Gasteiger partial charge is 0.334 e. The van der Waals surface area contributed by atoms with Crippen LogP contribution in [0.5, 0.6) is 0 Å². The molecule has 0 spiro atoms. The Morgan fingerprint density at radius 3 is 1.49 bits per heavy atom. The van der Waals surface area contributed by atoms with E-state index in [1.165, 1.54) is 129 Å². The molecule has 292 valence electrons. The van der Waals surface area contributed by atoms with E-state index in [1.54, 1.807) is 0 Å². The lowest BCUT2D eigenvalue weighted by molar-refractivity contribution is 0.195. The fourth-order valence-electron chi connectivity index (χ4n) is 13.8. The van der Waals surface area contributed by atoms with Crippen LogP contribution in [0.25, 0.3) is 21.9 Å². The maximum atomic E-state index is 2.81. The van der Waals surface area contributed by atoms with Gasteiger partial charge in [0.15, 0.2) is 0 Å². The Hall–Kier alpha value is -5.60. The number of hydrogen-bond donors (Lipinski definition) is 0. The minimum absolute atomic E-state index is 0.0259. The number of nitrogens with zero attached hydrogens (tertiary/aromatic N) is 2. The molecule has 2 aliphatic heterocycles. The first kappa shape index (κ1) is 35.4. The van der Waals surface area contributed by atoms with Crippen LogP contribution < -0.4 is 9.80 Å². The standard InChI is InChI=1S/C57H54N2/c1-53-33-17-19-35-55(53,3)58(49-29-15-13-27-45(49)53)41-31-32-44-47(37-41)57(39-21-7-5-8-22-39,40-23-9-6-10-24-40)48-38-51(42-25-11-12-26-43(42)52(44)48)59-50-30-16-14-28-46(50)54(2)34-18-20-36-56(54,59)4/h5-16,21-32,37-38H,17-20,33-36H2,1-4H3. The average molecular weight is 767 g/mol. The molecule has 4 atom stereocenters. The SMILES string of the molecule is CC12CCCCC1(C)N(c1ccc3c(c1)C(c1ccccc1)(c1ccccc1)c1cc(N4c5ccccc5C5(C)CCCCC45C)c4ccccc4c1-3)c1ccccc12. The van der Waals surface area contributed by atoms with E-state index < -0.39 is 5.41 Å². The van der Waals surface area contributed by atoms with Crippen molar-refractivity contribution in [1.29, 1.82) is 0 Å². The van der Waals surface area contributed by atoms with Crippen LogP contribution >= 0.6 is 0 Å². The molecule has 0 radical (unpaired) electrons. The third kappa shape index (κ3) is 4.28. The van der Waals surface area contributed by atoms with Crippen LogP contribution in [0.15, 0.2) is 158 Å². The number of rotatable bonds is 4. The van der Waals surface area contributed by atoms with E-state index in [4.69, 9.17) is 0 Å². The molecule has 0 amide bonds. The lowest BCUT2D eigenvalue weighted by Crippen LogP contribution is -2.54. The van der Waals surface area contributed by atoms with Crippen LogP contribution in [-0.2, 0) is 16.2 Å². The highest BCUT2D eigenvalue weighted by atomic mass is 15.3. The third-order valence-corrected chi connectivity index (χ3v) is 17.0. The second kappa shape index (κ2) is 12.2. The molecular weight excluding hydrogens is 713 g/mol. The highest BCUT2D eigenvalue weighted by Gasteiger charge is 2.60. The van der Waals surface area contributed by atoms with Crippen LogP contribution in [0, 0.1) is 0 Å². The summed E-state index contributed by atoms with van der Waals surface area (Å²) in [4.78, 5) is 5.58. The van der Waals surface area contributed by atoms with Crippen molar-refractivity contribution in [1.82, 2.24) is 0 Å². The smallest absolute Gasteiger partial charge is 0.0715 e. The van der Waals surface area contributed by atoms with Crippen LogP contribution in [-0.4, -0.2) is 11.1 Å². The Morgan fingerprint density at radius 1 is 0.390 bits per heavy atom. The Bertz CT molecular complexity index is 2780. The number of para-hydroxylation sites is 2. The first-order chi connectivity index (χ1) is 28.8. The molecule has 2 heterocycles. The quantitative estimate of drug-likeness (QED) is 0.176. The van der Waals surface area contributed by atoms with Gasteiger partial charge in [-0.15, -0.1) is 0 Å². The molecule has 2 saturated carbocycles. The van der Waals surface area contributed by atoms with E-state index in [0.717, 1.165) is 0 Å². The van der Waals surface area contributed by atoms with Gasteiger partial charge in [0.25, 0.3) is 0 Å². The van der Waals surface area contributed by atoms with Crippen LogP contribution in [0.4, 0.5) is 22.7 Å². The Kier molecular flexibility index (Phi) is 7.33. The number of fused-ring (bicyclic) bond motifs is 11. The molecule has 7 aromatic rings. The van der Waals surface area contributed by atoms with Gasteiger partial charge in [-0.05, 0) is 120 Å². The van der Waals surface area contributed by atoms with Gasteiger partial charge in [0.2, 0.25) is 0 Å². The van der Waals surface area contributed by atoms with Crippen molar-refractivity contribution in [3.8, 4) is 11.1 Å². The third-order valence-electron chi connectivity index (χ3n) is 17.0. The minimum atomic E-state index is -0.548. The molecule has 2 fully saturated rings. The molecule has 2 heteroatoms. The normalized spacial score (nSPS) is 27.1. The summed E-state index contributed by atoms with van der Waals surface area (Å²) >= 11 is 0. The van der Waals surface area contributed by atoms with E-state index in [1.807, 2.05) is 0 Å². The maximum Gasteiger partial charge on any atom is 0.0715 e. The Labute approximate surface area is 350 Å².